The Morgan fingerprint density at radius 3 is 2.59 bits per heavy atom. The molecule has 0 radical (unpaired) electrons. The number of fused-ring (bicyclic) bond motifs is 4. The lowest BCUT2D eigenvalue weighted by atomic mass is 9.76. The van der Waals surface area contributed by atoms with Gasteiger partial charge in [-0.15, -0.1) is 0 Å². The molecule has 3 amide bonds. The summed E-state index contributed by atoms with van der Waals surface area (Å²) in [5.74, 6) is -2.85. The molecule has 7 nitrogen and oxygen atoms in total. The number of anilines is 1. The van der Waals surface area contributed by atoms with Crippen LogP contribution in [0.4, 0.5) is 5.69 Å². The molecule has 27 heavy (non-hydrogen) atoms. The number of hydrogen-bond donors (Lipinski definition) is 3. The Hall–Kier alpha value is -1.96. The zero-order chi connectivity index (χ0) is 19.7. The molecule has 6 atom stereocenters. The molecule has 0 aliphatic carbocycles. The number of nitrogens with zero attached hydrogens (tertiary/aromatic N) is 1. The summed E-state index contributed by atoms with van der Waals surface area (Å²) in [7, 11) is 0. The molecule has 1 aromatic rings. The molecular formula is C19H22ClN3O4. The van der Waals surface area contributed by atoms with Gasteiger partial charge in [-0.25, -0.2) is 0 Å². The largest absolute Gasteiger partial charge is 0.392 e. The predicted octanol–water partition coefficient (Wildman–Crippen LogP) is 1.24. The maximum absolute atomic E-state index is 13.3. The third-order valence-corrected chi connectivity index (χ3v) is 6.53. The number of benzene rings is 1. The van der Waals surface area contributed by atoms with Gasteiger partial charge >= 0.3 is 0 Å². The van der Waals surface area contributed by atoms with Crippen molar-refractivity contribution in [2.75, 3.05) is 5.32 Å². The van der Waals surface area contributed by atoms with Crippen molar-refractivity contribution >= 4 is 35.0 Å². The Morgan fingerprint density at radius 2 is 1.96 bits per heavy atom. The van der Waals surface area contributed by atoms with Crippen molar-refractivity contribution in [2.24, 2.45) is 11.8 Å². The molecule has 0 unspecified atom stereocenters. The molecule has 0 saturated carbocycles. The van der Waals surface area contributed by atoms with Gasteiger partial charge in [0.25, 0.3) is 0 Å². The minimum absolute atomic E-state index is 0.273. The third-order valence-electron chi connectivity index (χ3n) is 6.22. The molecule has 3 aliphatic heterocycles. The van der Waals surface area contributed by atoms with Crippen molar-refractivity contribution in [3.05, 3.63) is 28.8 Å². The number of likely N-dealkylation sites (tertiary alicyclic amines) is 1. The highest BCUT2D eigenvalue weighted by molar-refractivity contribution is 6.35. The average Bonchev–Trinajstić information content (AvgIpc) is 3.21. The van der Waals surface area contributed by atoms with Crippen LogP contribution in [0, 0.1) is 11.8 Å². The van der Waals surface area contributed by atoms with Crippen LogP contribution in [-0.4, -0.2) is 45.9 Å². The topological polar surface area (TPSA) is 98.7 Å². The number of para-hydroxylation sites is 1. The number of rotatable bonds is 3. The Morgan fingerprint density at radius 1 is 1.26 bits per heavy atom. The van der Waals surface area contributed by atoms with E-state index in [1.807, 2.05) is 13.8 Å². The van der Waals surface area contributed by atoms with Crippen molar-refractivity contribution in [3.8, 4) is 0 Å². The quantitative estimate of drug-likeness (QED) is 0.673. The molecule has 8 heteroatoms. The second-order valence-electron chi connectivity index (χ2n) is 7.64. The molecule has 1 aromatic carbocycles. The Bertz CT molecular complexity index is 857. The first-order chi connectivity index (χ1) is 12.8. The van der Waals surface area contributed by atoms with Crippen LogP contribution in [0.15, 0.2) is 18.2 Å². The molecule has 0 bridgehead atoms. The monoisotopic (exact) mass is 391 g/mol. The summed E-state index contributed by atoms with van der Waals surface area (Å²) in [6.07, 6.45) is -0.299. The van der Waals surface area contributed by atoms with Gasteiger partial charge in [0, 0.05) is 17.6 Å². The van der Waals surface area contributed by atoms with Gasteiger partial charge in [0.05, 0.1) is 28.6 Å². The number of aliphatic hydroxyl groups is 1. The fraction of sp³-hybridized carbons (Fsp3) is 0.526. The standard InChI is InChI=1S/C19H22ClN3O4/c1-4-8(2)23-16(25)12-13(17(23)26)19(22-14(12)9(3)24)10-6-5-7-11(20)15(10)21-18(19)27/h5-9,12-14,22,24H,4H2,1-3H3,(H,21,27)/t8-,9+,12-,13-,14-,19-/m0/s1. The van der Waals surface area contributed by atoms with Crippen LogP contribution in [0.1, 0.15) is 32.8 Å². The minimum Gasteiger partial charge on any atom is -0.392 e. The van der Waals surface area contributed by atoms with E-state index in [9.17, 15) is 19.5 Å². The maximum Gasteiger partial charge on any atom is 0.250 e. The van der Waals surface area contributed by atoms with E-state index in [0.29, 0.717) is 22.7 Å². The van der Waals surface area contributed by atoms with Crippen LogP contribution in [0.5, 0.6) is 0 Å². The second-order valence-corrected chi connectivity index (χ2v) is 8.05. The number of halogens is 1. The third kappa shape index (κ3) is 2.19. The molecule has 3 heterocycles. The highest BCUT2D eigenvalue weighted by atomic mass is 35.5. The molecule has 1 spiro atoms. The van der Waals surface area contributed by atoms with Gasteiger partial charge in [0.2, 0.25) is 17.7 Å². The van der Waals surface area contributed by atoms with Crippen LogP contribution >= 0.6 is 11.6 Å². The van der Waals surface area contributed by atoms with E-state index in [1.54, 1.807) is 25.1 Å². The summed E-state index contributed by atoms with van der Waals surface area (Å²) < 4.78 is 0. The van der Waals surface area contributed by atoms with Crippen LogP contribution in [0.3, 0.4) is 0 Å². The summed E-state index contributed by atoms with van der Waals surface area (Å²) in [6, 6.07) is 4.12. The van der Waals surface area contributed by atoms with Crippen molar-refractivity contribution in [3.63, 3.8) is 0 Å². The van der Waals surface area contributed by atoms with Gasteiger partial charge in [-0.2, -0.15) is 0 Å². The number of nitrogens with one attached hydrogen (secondary N) is 2. The fourth-order valence-corrected chi connectivity index (χ4v) is 5.00. The van der Waals surface area contributed by atoms with Crippen molar-refractivity contribution in [1.82, 2.24) is 10.2 Å². The van der Waals surface area contributed by atoms with Crippen LogP contribution in [0.25, 0.3) is 0 Å². The van der Waals surface area contributed by atoms with Crippen molar-refractivity contribution < 1.29 is 19.5 Å². The molecule has 144 valence electrons. The van der Waals surface area contributed by atoms with E-state index in [4.69, 9.17) is 11.6 Å². The van der Waals surface area contributed by atoms with Crippen LogP contribution in [0.2, 0.25) is 5.02 Å². The van der Waals surface area contributed by atoms with Gasteiger partial charge in [-0.1, -0.05) is 30.7 Å². The fourth-order valence-electron chi connectivity index (χ4n) is 4.78. The number of hydrogen-bond acceptors (Lipinski definition) is 5. The van der Waals surface area contributed by atoms with E-state index < -0.39 is 35.4 Å². The highest BCUT2D eigenvalue weighted by Gasteiger charge is 2.71. The first-order valence-electron chi connectivity index (χ1n) is 9.18. The lowest BCUT2D eigenvalue weighted by molar-refractivity contribution is -0.145. The highest BCUT2D eigenvalue weighted by Crippen LogP contribution is 2.54. The second kappa shape index (κ2) is 6.02. The Labute approximate surface area is 162 Å². The lowest BCUT2D eigenvalue weighted by Crippen LogP contribution is -2.55. The van der Waals surface area contributed by atoms with Gasteiger partial charge < -0.3 is 10.4 Å². The molecule has 3 aliphatic rings. The average molecular weight is 392 g/mol. The zero-order valence-electron chi connectivity index (χ0n) is 15.3. The molecule has 4 rings (SSSR count). The van der Waals surface area contributed by atoms with Crippen molar-refractivity contribution in [1.29, 1.82) is 0 Å². The number of carbonyl (C=O) groups excluding carboxylic acids is 3. The normalized spacial score (nSPS) is 34.0. The van der Waals surface area contributed by atoms with E-state index in [1.165, 1.54) is 4.90 Å². The number of imide groups is 1. The smallest absolute Gasteiger partial charge is 0.250 e. The number of amides is 3. The van der Waals surface area contributed by atoms with E-state index in [-0.39, 0.29) is 17.9 Å². The van der Waals surface area contributed by atoms with Crippen molar-refractivity contribution in [2.45, 2.75) is 50.9 Å². The summed E-state index contributed by atoms with van der Waals surface area (Å²) in [4.78, 5) is 40.9. The van der Waals surface area contributed by atoms with Gasteiger partial charge in [-0.3, -0.25) is 24.6 Å². The molecular weight excluding hydrogens is 370 g/mol. The Balaban J connectivity index is 1.92. The van der Waals surface area contributed by atoms with E-state index in [0.717, 1.165) is 0 Å². The maximum atomic E-state index is 13.3. The molecule has 2 fully saturated rings. The van der Waals surface area contributed by atoms with Gasteiger partial charge in [0.15, 0.2) is 0 Å². The van der Waals surface area contributed by atoms with Gasteiger partial charge in [0.1, 0.15) is 5.54 Å². The van der Waals surface area contributed by atoms with E-state index >= 15 is 0 Å². The molecule has 0 aromatic heterocycles. The van der Waals surface area contributed by atoms with Gasteiger partial charge in [-0.05, 0) is 26.3 Å². The number of aliphatic hydroxyl groups excluding tert-OH is 1. The molecule has 3 N–H and O–H groups in total. The summed E-state index contributed by atoms with van der Waals surface area (Å²) in [6.45, 7) is 5.27. The zero-order valence-corrected chi connectivity index (χ0v) is 16.1. The summed E-state index contributed by atoms with van der Waals surface area (Å²) >= 11 is 6.25. The Kier molecular flexibility index (Phi) is 4.10. The first kappa shape index (κ1) is 18.4. The predicted molar refractivity (Wildman–Crippen MR) is 99.0 cm³/mol. The number of carbonyl (C=O) groups is 3. The van der Waals surface area contributed by atoms with E-state index in [2.05, 4.69) is 10.6 Å². The minimum atomic E-state index is -1.42. The van der Waals surface area contributed by atoms with Crippen LogP contribution < -0.4 is 10.6 Å². The molecule has 2 saturated heterocycles. The SMILES string of the molecule is CC[C@H](C)N1C(=O)[C@@H]2[C@H]([C@@H](C)O)N[C@]3(C(=O)Nc4c(Cl)cccc43)[C@@H]2C1=O. The lowest BCUT2D eigenvalue weighted by Gasteiger charge is -2.31. The van der Waals surface area contributed by atoms with Crippen LogP contribution in [-0.2, 0) is 19.9 Å². The summed E-state index contributed by atoms with van der Waals surface area (Å²) in [5.41, 5.74) is -0.421. The summed E-state index contributed by atoms with van der Waals surface area (Å²) in [5, 5.41) is 16.6. The first-order valence-corrected chi connectivity index (χ1v) is 9.56.